The average Bonchev–Trinajstić information content (AvgIpc) is 2.48. The molecule has 1 aromatic heterocycles. The summed E-state index contributed by atoms with van der Waals surface area (Å²) in [6.07, 6.45) is 1.67. The third-order valence-corrected chi connectivity index (χ3v) is 2.59. The van der Waals surface area contributed by atoms with Crippen LogP contribution in [0.25, 0.3) is 0 Å². The van der Waals surface area contributed by atoms with E-state index in [9.17, 15) is 9.59 Å². The predicted molar refractivity (Wildman–Crippen MR) is 78.0 cm³/mol. The number of pyridine rings is 1. The van der Waals surface area contributed by atoms with Crippen LogP contribution in [-0.2, 0) is 14.3 Å². The highest BCUT2D eigenvalue weighted by Crippen LogP contribution is 2.16. The molecular formula is C13H20N4O4. The van der Waals surface area contributed by atoms with E-state index in [-0.39, 0.29) is 17.9 Å². The molecule has 0 bridgehead atoms. The van der Waals surface area contributed by atoms with Crippen molar-refractivity contribution in [2.24, 2.45) is 0 Å². The molecule has 0 spiro atoms. The number of nitrogen functional groups attached to an aromatic ring is 1. The van der Waals surface area contributed by atoms with Crippen LogP contribution in [0.3, 0.4) is 0 Å². The molecule has 1 heterocycles. The minimum atomic E-state index is -0.540. The van der Waals surface area contributed by atoms with Gasteiger partial charge < -0.3 is 25.8 Å². The second-order valence-electron chi connectivity index (χ2n) is 4.18. The van der Waals surface area contributed by atoms with E-state index in [4.69, 9.17) is 10.5 Å². The van der Waals surface area contributed by atoms with E-state index in [0.29, 0.717) is 31.2 Å². The molecule has 0 atom stereocenters. The first kappa shape index (κ1) is 16.7. The molecule has 0 aromatic carbocycles. The van der Waals surface area contributed by atoms with Crippen molar-refractivity contribution in [2.75, 3.05) is 45.0 Å². The van der Waals surface area contributed by atoms with Crippen LogP contribution in [-0.4, -0.2) is 50.8 Å². The van der Waals surface area contributed by atoms with Gasteiger partial charge in [-0.25, -0.2) is 9.78 Å². The van der Waals surface area contributed by atoms with E-state index in [0.717, 1.165) is 0 Å². The minimum Gasteiger partial charge on any atom is -0.465 e. The summed E-state index contributed by atoms with van der Waals surface area (Å²) in [5.41, 5.74) is 6.18. The van der Waals surface area contributed by atoms with Gasteiger partial charge in [0, 0.05) is 26.6 Å². The number of rotatable bonds is 8. The van der Waals surface area contributed by atoms with Crippen molar-refractivity contribution < 1.29 is 19.1 Å². The Labute approximate surface area is 123 Å². The van der Waals surface area contributed by atoms with Crippen molar-refractivity contribution >= 4 is 23.4 Å². The number of hydrogen-bond donors (Lipinski definition) is 3. The second-order valence-corrected chi connectivity index (χ2v) is 4.18. The number of hydrogen-bond acceptors (Lipinski definition) is 7. The van der Waals surface area contributed by atoms with Gasteiger partial charge in [0.05, 0.1) is 25.6 Å². The van der Waals surface area contributed by atoms with Gasteiger partial charge in [0.2, 0.25) is 5.91 Å². The first-order valence-electron chi connectivity index (χ1n) is 6.41. The Morgan fingerprint density at radius 3 is 2.76 bits per heavy atom. The Morgan fingerprint density at radius 1 is 1.33 bits per heavy atom. The van der Waals surface area contributed by atoms with Crippen LogP contribution in [0, 0.1) is 0 Å². The summed E-state index contributed by atoms with van der Waals surface area (Å²) in [4.78, 5) is 27.1. The molecule has 1 rings (SSSR count). The Bertz CT molecular complexity index is 493. The largest absolute Gasteiger partial charge is 0.465 e. The molecule has 0 saturated heterocycles. The lowest BCUT2D eigenvalue weighted by Gasteiger charge is -2.10. The number of nitrogens with one attached hydrogen (secondary N) is 2. The van der Waals surface area contributed by atoms with Crippen LogP contribution < -0.4 is 16.4 Å². The Balaban J connectivity index is 2.51. The molecule has 8 heteroatoms. The smallest absolute Gasteiger partial charge is 0.341 e. The number of carbonyl (C=O) groups excluding carboxylic acids is 2. The van der Waals surface area contributed by atoms with Gasteiger partial charge in [-0.1, -0.05) is 0 Å². The summed E-state index contributed by atoms with van der Waals surface area (Å²) in [5.74, 6) is -0.322. The van der Waals surface area contributed by atoms with Crippen LogP contribution in [0.2, 0.25) is 0 Å². The van der Waals surface area contributed by atoms with Gasteiger partial charge in [-0.3, -0.25) is 4.79 Å². The monoisotopic (exact) mass is 296 g/mol. The Kier molecular flexibility index (Phi) is 6.96. The number of methoxy groups -OCH3 is 2. The zero-order chi connectivity index (χ0) is 15.7. The lowest BCUT2D eigenvalue weighted by molar-refractivity contribution is -0.121. The van der Waals surface area contributed by atoms with Crippen LogP contribution in [0.15, 0.2) is 12.3 Å². The number of carbonyl (C=O) groups is 2. The number of aromatic nitrogens is 1. The fourth-order valence-electron chi connectivity index (χ4n) is 1.56. The Hall–Kier alpha value is -2.35. The second kappa shape index (κ2) is 8.75. The average molecular weight is 296 g/mol. The van der Waals surface area contributed by atoms with E-state index >= 15 is 0 Å². The normalized spacial score (nSPS) is 10.0. The topological polar surface area (TPSA) is 116 Å². The molecule has 0 aliphatic carbocycles. The maximum Gasteiger partial charge on any atom is 0.341 e. The molecule has 116 valence electrons. The first-order chi connectivity index (χ1) is 10.1. The lowest BCUT2D eigenvalue weighted by atomic mass is 10.2. The summed E-state index contributed by atoms with van der Waals surface area (Å²) in [7, 11) is 2.84. The van der Waals surface area contributed by atoms with Crippen LogP contribution in [0.5, 0.6) is 0 Å². The SMILES string of the molecule is COCCNC(=O)CCNc1ncc(N)cc1C(=O)OC. The quantitative estimate of drug-likeness (QED) is 0.457. The van der Waals surface area contributed by atoms with E-state index in [1.165, 1.54) is 19.4 Å². The summed E-state index contributed by atoms with van der Waals surface area (Å²) >= 11 is 0. The van der Waals surface area contributed by atoms with Crippen molar-refractivity contribution in [3.05, 3.63) is 17.8 Å². The number of anilines is 2. The Morgan fingerprint density at radius 2 is 2.10 bits per heavy atom. The third-order valence-electron chi connectivity index (χ3n) is 2.59. The van der Waals surface area contributed by atoms with Crippen LogP contribution in [0.4, 0.5) is 11.5 Å². The molecule has 1 aromatic rings. The molecule has 0 fully saturated rings. The highest BCUT2D eigenvalue weighted by molar-refractivity contribution is 5.95. The maximum absolute atomic E-state index is 11.6. The lowest BCUT2D eigenvalue weighted by Crippen LogP contribution is -2.28. The zero-order valence-corrected chi connectivity index (χ0v) is 12.1. The van der Waals surface area contributed by atoms with Crippen LogP contribution in [0.1, 0.15) is 16.8 Å². The maximum atomic E-state index is 11.6. The molecule has 0 saturated carbocycles. The van der Waals surface area contributed by atoms with Crippen LogP contribution >= 0.6 is 0 Å². The third kappa shape index (κ3) is 5.65. The predicted octanol–water partition coefficient (Wildman–Crippen LogP) is 0.0150. The van der Waals surface area contributed by atoms with Crippen molar-refractivity contribution in [3.63, 3.8) is 0 Å². The van der Waals surface area contributed by atoms with Gasteiger partial charge in [0.25, 0.3) is 0 Å². The molecule has 0 aliphatic heterocycles. The van der Waals surface area contributed by atoms with Crippen molar-refractivity contribution in [2.45, 2.75) is 6.42 Å². The van der Waals surface area contributed by atoms with Gasteiger partial charge in [-0.2, -0.15) is 0 Å². The van der Waals surface area contributed by atoms with E-state index in [1.807, 2.05) is 0 Å². The highest BCUT2D eigenvalue weighted by Gasteiger charge is 2.13. The van der Waals surface area contributed by atoms with Crippen molar-refractivity contribution in [3.8, 4) is 0 Å². The molecule has 21 heavy (non-hydrogen) atoms. The number of esters is 1. The minimum absolute atomic E-state index is 0.116. The molecular weight excluding hydrogens is 276 g/mol. The molecule has 4 N–H and O–H groups in total. The number of nitrogens with two attached hydrogens (primary N) is 1. The van der Waals surface area contributed by atoms with E-state index in [2.05, 4.69) is 20.4 Å². The molecule has 0 unspecified atom stereocenters. The van der Waals surface area contributed by atoms with Gasteiger partial charge in [-0.15, -0.1) is 0 Å². The van der Waals surface area contributed by atoms with Crippen molar-refractivity contribution in [1.82, 2.24) is 10.3 Å². The number of ether oxygens (including phenoxy) is 2. The standard InChI is InChI=1S/C13H20N4O4/c1-20-6-5-15-11(18)3-4-16-12-10(13(19)21-2)7-9(14)8-17-12/h7-8H,3-6,14H2,1-2H3,(H,15,18)(H,16,17). The summed E-state index contributed by atoms with van der Waals surface area (Å²) in [5, 5.41) is 5.61. The fourth-order valence-corrected chi connectivity index (χ4v) is 1.56. The molecule has 0 aliphatic rings. The summed E-state index contributed by atoms with van der Waals surface area (Å²) < 4.78 is 9.49. The van der Waals surface area contributed by atoms with Gasteiger partial charge >= 0.3 is 5.97 Å². The number of amides is 1. The molecule has 1 amide bonds. The fraction of sp³-hybridized carbons (Fsp3) is 0.462. The summed E-state index contributed by atoms with van der Waals surface area (Å²) in [6.45, 7) is 1.26. The molecule has 8 nitrogen and oxygen atoms in total. The van der Waals surface area contributed by atoms with E-state index in [1.54, 1.807) is 7.11 Å². The molecule has 0 radical (unpaired) electrons. The van der Waals surface area contributed by atoms with Gasteiger partial charge in [0.1, 0.15) is 11.4 Å². The van der Waals surface area contributed by atoms with E-state index < -0.39 is 5.97 Å². The zero-order valence-electron chi connectivity index (χ0n) is 12.1. The summed E-state index contributed by atoms with van der Waals surface area (Å²) in [6, 6.07) is 1.47. The number of nitrogens with zero attached hydrogens (tertiary/aromatic N) is 1. The first-order valence-corrected chi connectivity index (χ1v) is 6.41. The highest BCUT2D eigenvalue weighted by atomic mass is 16.5. The van der Waals surface area contributed by atoms with Gasteiger partial charge in [0.15, 0.2) is 0 Å². The van der Waals surface area contributed by atoms with Gasteiger partial charge in [-0.05, 0) is 6.07 Å². The van der Waals surface area contributed by atoms with Crippen molar-refractivity contribution in [1.29, 1.82) is 0 Å².